The van der Waals surface area contributed by atoms with Crippen LogP contribution in [0.3, 0.4) is 0 Å². The Kier molecular flexibility index (Phi) is 7.42. The summed E-state index contributed by atoms with van der Waals surface area (Å²) in [4.78, 5) is 42.7. The van der Waals surface area contributed by atoms with Crippen LogP contribution in [-0.2, 0) is 9.59 Å². The molecule has 0 aliphatic carbocycles. The third-order valence-electron chi connectivity index (χ3n) is 5.24. The Labute approximate surface area is 180 Å². The van der Waals surface area contributed by atoms with Gasteiger partial charge in [0, 0.05) is 43.7 Å². The molecule has 2 aromatic rings. The van der Waals surface area contributed by atoms with Gasteiger partial charge in [0.05, 0.1) is 19.9 Å². The number of amides is 3. The summed E-state index contributed by atoms with van der Waals surface area (Å²) in [5.74, 6) is -0.365. The number of pyridine rings is 1. The first-order valence-corrected chi connectivity index (χ1v) is 10.0. The Morgan fingerprint density at radius 2 is 1.74 bits per heavy atom. The number of carbonyl (C=O) groups is 3. The van der Waals surface area contributed by atoms with Crippen LogP contribution < -0.4 is 20.1 Å². The summed E-state index contributed by atoms with van der Waals surface area (Å²) in [7, 11) is 2.99. The Bertz CT molecular complexity index is 927. The molecule has 1 aromatic carbocycles. The van der Waals surface area contributed by atoms with E-state index in [2.05, 4.69) is 15.6 Å². The minimum absolute atomic E-state index is 0.0171. The van der Waals surface area contributed by atoms with Gasteiger partial charge in [-0.15, -0.1) is 0 Å². The minimum Gasteiger partial charge on any atom is -0.497 e. The van der Waals surface area contributed by atoms with Crippen LogP contribution in [0.1, 0.15) is 23.2 Å². The van der Waals surface area contributed by atoms with Crippen LogP contribution in [0.4, 0.5) is 5.69 Å². The highest BCUT2D eigenvalue weighted by Crippen LogP contribution is 2.28. The zero-order chi connectivity index (χ0) is 22.2. The molecule has 2 heterocycles. The van der Waals surface area contributed by atoms with Crippen molar-refractivity contribution in [3.05, 3.63) is 48.3 Å². The Morgan fingerprint density at radius 1 is 1.03 bits per heavy atom. The standard InChI is InChI=1S/C22H26N4O5/c1-30-17-3-4-19(31-2)18(13-17)25-21(28)20(27)24-14-15-7-11-26(12-8-15)22(29)16-5-9-23-10-6-16/h3-6,9-10,13,15H,7-8,11-12,14H2,1-2H3,(H,24,27)(H,25,28). The molecular weight excluding hydrogens is 400 g/mol. The van der Waals surface area contributed by atoms with Crippen LogP contribution in [0.5, 0.6) is 11.5 Å². The van der Waals surface area contributed by atoms with Gasteiger partial charge in [-0.1, -0.05) is 0 Å². The summed E-state index contributed by atoms with van der Waals surface area (Å²) in [5, 5.41) is 5.23. The third-order valence-corrected chi connectivity index (χ3v) is 5.24. The molecule has 1 saturated heterocycles. The van der Waals surface area contributed by atoms with E-state index in [-0.39, 0.29) is 11.8 Å². The minimum atomic E-state index is -0.781. The Balaban J connectivity index is 1.46. The maximum atomic E-state index is 12.5. The van der Waals surface area contributed by atoms with E-state index < -0.39 is 11.8 Å². The Morgan fingerprint density at radius 3 is 2.39 bits per heavy atom. The SMILES string of the molecule is COc1ccc(OC)c(NC(=O)C(=O)NCC2CCN(C(=O)c3ccncc3)CC2)c1. The van der Waals surface area contributed by atoms with Crippen LogP contribution in [0.2, 0.25) is 0 Å². The van der Waals surface area contributed by atoms with Gasteiger partial charge in [0.15, 0.2) is 0 Å². The monoisotopic (exact) mass is 426 g/mol. The molecule has 1 aromatic heterocycles. The van der Waals surface area contributed by atoms with E-state index in [0.717, 1.165) is 12.8 Å². The lowest BCUT2D eigenvalue weighted by molar-refractivity contribution is -0.136. The van der Waals surface area contributed by atoms with Gasteiger partial charge in [-0.3, -0.25) is 19.4 Å². The van der Waals surface area contributed by atoms with Crippen molar-refractivity contribution >= 4 is 23.4 Å². The molecule has 3 amide bonds. The fourth-order valence-electron chi connectivity index (χ4n) is 3.43. The van der Waals surface area contributed by atoms with Gasteiger partial charge in [0.25, 0.3) is 5.91 Å². The molecule has 1 fully saturated rings. The quantitative estimate of drug-likeness (QED) is 0.681. The van der Waals surface area contributed by atoms with Crippen LogP contribution in [0.25, 0.3) is 0 Å². The molecule has 3 rings (SSSR count). The Hall–Kier alpha value is -3.62. The van der Waals surface area contributed by atoms with Crippen molar-refractivity contribution < 1.29 is 23.9 Å². The first kappa shape index (κ1) is 22.1. The summed E-state index contributed by atoms with van der Waals surface area (Å²) < 4.78 is 10.3. The van der Waals surface area contributed by atoms with Crippen LogP contribution in [0, 0.1) is 5.92 Å². The van der Waals surface area contributed by atoms with Crippen molar-refractivity contribution in [2.75, 3.05) is 39.2 Å². The molecule has 0 unspecified atom stereocenters. The van der Waals surface area contributed by atoms with E-state index in [1.54, 1.807) is 47.6 Å². The fraction of sp³-hybridized carbons (Fsp3) is 0.364. The summed E-state index contributed by atoms with van der Waals surface area (Å²) >= 11 is 0. The molecule has 1 aliphatic rings. The number of rotatable bonds is 6. The van der Waals surface area contributed by atoms with E-state index in [9.17, 15) is 14.4 Å². The summed E-state index contributed by atoms with van der Waals surface area (Å²) in [5.41, 5.74) is 0.969. The number of nitrogens with one attached hydrogen (secondary N) is 2. The molecule has 0 spiro atoms. The average molecular weight is 426 g/mol. The molecule has 9 heteroatoms. The predicted octanol–water partition coefficient (Wildman–Crippen LogP) is 1.71. The van der Waals surface area contributed by atoms with Gasteiger partial charge < -0.3 is 25.0 Å². The number of nitrogens with zero attached hydrogens (tertiary/aromatic N) is 2. The number of piperidine rings is 1. The van der Waals surface area contributed by atoms with E-state index in [4.69, 9.17) is 9.47 Å². The molecule has 9 nitrogen and oxygen atoms in total. The zero-order valence-corrected chi connectivity index (χ0v) is 17.6. The smallest absolute Gasteiger partial charge is 0.313 e. The van der Waals surface area contributed by atoms with Crippen molar-refractivity contribution in [3.63, 3.8) is 0 Å². The van der Waals surface area contributed by atoms with Crippen molar-refractivity contribution in [2.24, 2.45) is 5.92 Å². The average Bonchev–Trinajstić information content (AvgIpc) is 2.82. The van der Waals surface area contributed by atoms with Gasteiger partial charge in [0.2, 0.25) is 0 Å². The number of carbonyl (C=O) groups excluding carboxylic acids is 3. The molecule has 0 saturated carbocycles. The van der Waals surface area contributed by atoms with Gasteiger partial charge in [0.1, 0.15) is 11.5 Å². The first-order chi connectivity index (χ1) is 15.0. The van der Waals surface area contributed by atoms with Gasteiger partial charge in [-0.05, 0) is 43.0 Å². The second-order valence-corrected chi connectivity index (χ2v) is 7.20. The van der Waals surface area contributed by atoms with Crippen LogP contribution in [-0.4, -0.2) is 61.5 Å². The lowest BCUT2D eigenvalue weighted by Gasteiger charge is -2.32. The third kappa shape index (κ3) is 5.71. The van der Waals surface area contributed by atoms with Crippen molar-refractivity contribution in [3.8, 4) is 11.5 Å². The summed E-state index contributed by atoms with van der Waals surface area (Å²) in [6, 6.07) is 8.32. The molecule has 0 atom stereocenters. The first-order valence-electron chi connectivity index (χ1n) is 10.0. The topological polar surface area (TPSA) is 110 Å². The lowest BCUT2D eigenvalue weighted by atomic mass is 9.96. The molecule has 0 radical (unpaired) electrons. The normalized spacial score (nSPS) is 13.9. The molecule has 1 aliphatic heterocycles. The number of likely N-dealkylation sites (tertiary alicyclic amines) is 1. The zero-order valence-electron chi connectivity index (χ0n) is 17.6. The highest BCUT2D eigenvalue weighted by atomic mass is 16.5. The molecule has 2 N–H and O–H groups in total. The number of anilines is 1. The number of aromatic nitrogens is 1. The van der Waals surface area contributed by atoms with Gasteiger partial charge in [-0.25, -0.2) is 0 Å². The number of benzene rings is 1. The number of ether oxygens (including phenoxy) is 2. The molecule has 31 heavy (non-hydrogen) atoms. The van der Waals surface area contributed by atoms with Crippen LogP contribution in [0.15, 0.2) is 42.7 Å². The maximum Gasteiger partial charge on any atom is 0.313 e. The van der Waals surface area contributed by atoms with Crippen molar-refractivity contribution in [1.82, 2.24) is 15.2 Å². The second kappa shape index (κ2) is 10.4. The summed E-state index contributed by atoms with van der Waals surface area (Å²) in [6.45, 7) is 1.59. The molecule has 164 valence electrons. The van der Waals surface area contributed by atoms with E-state index in [0.29, 0.717) is 42.4 Å². The molecular formula is C22H26N4O5. The van der Waals surface area contributed by atoms with Crippen LogP contribution >= 0.6 is 0 Å². The predicted molar refractivity (Wildman–Crippen MR) is 114 cm³/mol. The van der Waals surface area contributed by atoms with Crippen molar-refractivity contribution in [1.29, 1.82) is 0 Å². The lowest BCUT2D eigenvalue weighted by Crippen LogP contribution is -2.43. The van der Waals surface area contributed by atoms with E-state index in [1.165, 1.54) is 14.2 Å². The molecule has 0 bridgehead atoms. The van der Waals surface area contributed by atoms with E-state index >= 15 is 0 Å². The second-order valence-electron chi connectivity index (χ2n) is 7.20. The summed E-state index contributed by atoms with van der Waals surface area (Å²) in [6.07, 6.45) is 4.70. The highest BCUT2D eigenvalue weighted by molar-refractivity contribution is 6.39. The number of hydrogen-bond donors (Lipinski definition) is 2. The number of hydrogen-bond acceptors (Lipinski definition) is 6. The number of methoxy groups -OCH3 is 2. The maximum absolute atomic E-state index is 12.5. The van der Waals surface area contributed by atoms with Crippen molar-refractivity contribution in [2.45, 2.75) is 12.8 Å². The van der Waals surface area contributed by atoms with E-state index in [1.807, 2.05) is 0 Å². The van der Waals surface area contributed by atoms with Gasteiger partial charge in [-0.2, -0.15) is 0 Å². The van der Waals surface area contributed by atoms with Gasteiger partial charge >= 0.3 is 11.8 Å². The largest absolute Gasteiger partial charge is 0.497 e. The fourth-order valence-corrected chi connectivity index (χ4v) is 3.43. The highest BCUT2D eigenvalue weighted by Gasteiger charge is 2.25.